The topological polar surface area (TPSA) is 79.2 Å². The molecule has 6 heteroatoms. The summed E-state index contributed by atoms with van der Waals surface area (Å²) in [4.78, 5) is 0. The fraction of sp³-hybridized carbons (Fsp3) is 0.278. The molecule has 5 nitrogen and oxygen atoms in total. The largest absolute Gasteiger partial charge is 0.493 e. The first-order valence-corrected chi connectivity index (χ1v) is 9.43. The molecule has 0 aliphatic carbocycles. The quantitative estimate of drug-likeness (QED) is 0.926. The zero-order valence-corrected chi connectivity index (χ0v) is 13.9. The van der Waals surface area contributed by atoms with Crippen molar-refractivity contribution in [3.63, 3.8) is 0 Å². The highest BCUT2D eigenvalue weighted by atomic mass is 32.2. The molecule has 24 heavy (non-hydrogen) atoms. The van der Waals surface area contributed by atoms with Gasteiger partial charge in [0, 0.05) is 5.56 Å². The molecular weight excluding hydrogens is 324 g/mol. The number of rotatable bonds is 4. The van der Waals surface area contributed by atoms with Crippen molar-refractivity contribution in [2.75, 3.05) is 6.61 Å². The van der Waals surface area contributed by atoms with Crippen LogP contribution in [0.15, 0.2) is 48.5 Å². The Kier molecular flexibility index (Phi) is 4.84. The molecule has 2 aromatic rings. The maximum absolute atomic E-state index is 12.6. The fourth-order valence-electron chi connectivity index (χ4n) is 2.86. The van der Waals surface area contributed by atoms with Crippen molar-refractivity contribution in [2.24, 2.45) is 0 Å². The molecule has 2 aromatic carbocycles. The summed E-state index contributed by atoms with van der Waals surface area (Å²) in [5, 5.41) is 8.93. The maximum Gasteiger partial charge on any atom is 0.216 e. The fourth-order valence-corrected chi connectivity index (χ4v) is 4.24. The van der Waals surface area contributed by atoms with E-state index in [1.54, 1.807) is 24.3 Å². The molecule has 124 valence electrons. The Morgan fingerprint density at radius 1 is 1.21 bits per heavy atom. The number of para-hydroxylation sites is 1. The van der Waals surface area contributed by atoms with Crippen molar-refractivity contribution in [1.29, 1.82) is 5.26 Å². The third kappa shape index (κ3) is 3.94. The predicted octanol–water partition coefficient (Wildman–Crippen LogP) is 2.89. The third-order valence-electron chi connectivity index (χ3n) is 3.92. The minimum Gasteiger partial charge on any atom is -0.493 e. The molecule has 0 spiro atoms. The van der Waals surface area contributed by atoms with Crippen LogP contribution in [0.2, 0.25) is 0 Å². The first-order chi connectivity index (χ1) is 11.6. The third-order valence-corrected chi connectivity index (χ3v) is 5.28. The average molecular weight is 342 g/mol. The zero-order chi connectivity index (χ0) is 17.0. The maximum atomic E-state index is 12.6. The van der Waals surface area contributed by atoms with Crippen molar-refractivity contribution in [3.05, 3.63) is 65.2 Å². The first kappa shape index (κ1) is 16.5. The van der Waals surface area contributed by atoms with Gasteiger partial charge in [0.15, 0.2) is 0 Å². The van der Waals surface area contributed by atoms with E-state index in [-0.39, 0.29) is 11.8 Å². The summed E-state index contributed by atoms with van der Waals surface area (Å²) in [6, 6.07) is 15.9. The number of nitrogens with zero attached hydrogens (tertiary/aromatic N) is 1. The smallest absolute Gasteiger partial charge is 0.216 e. The predicted molar refractivity (Wildman–Crippen MR) is 90.8 cm³/mol. The Morgan fingerprint density at radius 3 is 2.88 bits per heavy atom. The van der Waals surface area contributed by atoms with E-state index in [1.165, 1.54) is 0 Å². The molecule has 1 unspecified atom stereocenters. The Morgan fingerprint density at radius 2 is 2.04 bits per heavy atom. The molecule has 0 bridgehead atoms. The molecular formula is C18H18N2O3S. The van der Waals surface area contributed by atoms with Crippen molar-refractivity contribution >= 4 is 10.0 Å². The average Bonchev–Trinajstić information content (AvgIpc) is 2.77. The Bertz CT molecular complexity index is 872. The van der Waals surface area contributed by atoms with Crippen molar-refractivity contribution in [3.8, 4) is 11.8 Å². The molecule has 1 N–H and O–H groups in total. The summed E-state index contributed by atoms with van der Waals surface area (Å²) in [6.45, 7) is 0.583. The lowest BCUT2D eigenvalue weighted by molar-refractivity contribution is 0.316. The van der Waals surface area contributed by atoms with Crippen LogP contribution < -0.4 is 9.46 Å². The van der Waals surface area contributed by atoms with Gasteiger partial charge in [0.25, 0.3) is 0 Å². The highest BCUT2D eigenvalue weighted by molar-refractivity contribution is 7.88. The van der Waals surface area contributed by atoms with Crippen LogP contribution in [0, 0.1) is 11.3 Å². The second-order valence-corrected chi connectivity index (χ2v) is 7.52. The zero-order valence-electron chi connectivity index (χ0n) is 13.1. The second kappa shape index (κ2) is 7.04. The van der Waals surface area contributed by atoms with Gasteiger partial charge in [0.2, 0.25) is 10.0 Å². The van der Waals surface area contributed by atoms with Crippen molar-refractivity contribution in [2.45, 2.75) is 24.6 Å². The van der Waals surface area contributed by atoms with Crippen LogP contribution in [0.3, 0.4) is 0 Å². The van der Waals surface area contributed by atoms with E-state index in [1.807, 2.05) is 30.3 Å². The summed E-state index contributed by atoms with van der Waals surface area (Å²) >= 11 is 0. The molecule has 1 atom stereocenters. The number of hydrogen-bond acceptors (Lipinski definition) is 4. The van der Waals surface area contributed by atoms with Crippen LogP contribution in [0.5, 0.6) is 5.75 Å². The monoisotopic (exact) mass is 342 g/mol. The lowest BCUT2D eigenvalue weighted by atomic mass is 10.0. The van der Waals surface area contributed by atoms with Crippen LogP contribution in [0.25, 0.3) is 0 Å². The number of nitrogens with one attached hydrogen (secondary N) is 1. The molecule has 0 aromatic heterocycles. The number of fused-ring (bicyclic) bond motifs is 1. The Balaban J connectivity index is 1.80. The van der Waals surface area contributed by atoms with Crippen molar-refractivity contribution in [1.82, 2.24) is 4.72 Å². The van der Waals surface area contributed by atoms with E-state index < -0.39 is 10.0 Å². The SMILES string of the molecule is N#Cc1cccc(CS(=O)(=O)NC2CCCOc3ccccc32)c1. The van der Waals surface area contributed by atoms with Crippen molar-refractivity contribution < 1.29 is 13.2 Å². The number of ether oxygens (including phenoxy) is 1. The van der Waals surface area contributed by atoms with Gasteiger partial charge in [-0.2, -0.15) is 5.26 Å². The van der Waals surface area contributed by atoms with Gasteiger partial charge in [-0.05, 0) is 36.6 Å². The molecule has 3 rings (SSSR count). The Labute approximate surface area is 141 Å². The molecule has 0 saturated heterocycles. The van der Waals surface area contributed by atoms with E-state index in [4.69, 9.17) is 10.00 Å². The van der Waals surface area contributed by atoms with Gasteiger partial charge < -0.3 is 4.74 Å². The number of hydrogen-bond donors (Lipinski definition) is 1. The van der Waals surface area contributed by atoms with Crippen LogP contribution in [0.1, 0.15) is 35.6 Å². The lowest BCUT2D eigenvalue weighted by Crippen LogP contribution is -2.29. The van der Waals surface area contributed by atoms with Crippen LogP contribution in [0.4, 0.5) is 0 Å². The molecule has 1 heterocycles. The van der Waals surface area contributed by atoms with Gasteiger partial charge >= 0.3 is 0 Å². The first-order valence-electron chi connectivity index (χ1n) is 7.78. The number of benzene rings is 2. The summed E-state index contributed by atoms with van der Waals surface area (Å²) in [7, 11) is -3.53. The van der Waals surface area contributed by atoms with Crippen LogP contribution in [-0.4, -0.2) is 15.0 Å². The molecule has 0 saturated carbocycles. The normalized spacial score (nSPS) is 17.2. The highest BCUT2D eigenvalue weighted by Gasteiger charge is 2.24. The van der Waals surface area contributed by atoms with Gasteiger partial charge in [-0.15, -0.1) is 0 Å². The van der Waals surface area contributed by atoms with Gasteiger partial charge in [0.05, 0.1) is 30.0 Å². The number of nitriles is 1. The standard InChI is InChI=1S/C18H18N2O3S/c19-12-14-5-3-6-15(11-14)13-24(21,22)20-17-8-4-10-23-18-9-2-1-7-16(17)18/h1-3,5-7,9,11,17,20H,4,8,10,13H2. The van der Waals surface area contributed by atoms with Gasteiger partial charge in [0.1, 0.15) is 5.75 Å². The van der Waals surface area contributed by atoms with E-state index in [2.05, 4.69) is 4.72 Å². The highest BCUT2D eigenvalue weighted by Crippen LogP contribution is 2.31. The van der Waals surface area contributed by atoms with Crippen LogP contribution >= 0.6 is 0 Å². The summed E-state index contributed by atoms with van der Waals surface area (Å²) < 4.78 is 33.6. The molecule has 1 aliphatic rings. The molecule has 0 amide bonds. The minimum absolute atomic E-state index is 0.151. The summed E-state index contributed by atoms with van der Waals surface area (Å²) in [5.74, 6) is 0.580. The van der Waals surface area contributed by atoms with E-state index >= 15 is 0 Å². The lowest BCUT2D eigenvalue weighted by Gasteiger charge is -2.18. The van der Waals surface area contributed by atoms with E-state index in [0.29, 0.717) is 24.2 Å². The number of sulfonamides is 1. The molecule has 1 aliphatic heterocycles. The minimum atomic E-state index is -3.53. The van der Waals surface area contributed by atoms with E-state index in [9.17, 15) is 8.42 Å². The van der Waals surface area contributed by atoms with Gasteiger partial charge in [-0.3, -0.25) is 0 Å². The Hall–Kier alpha value is -2.36. The van der Waals surface area contributed by atoms with Crippen LogP contribution in [-0.2, 0) is 15.8 Å². The summed E-state index contributed by atoms with van der Waals surface area (Å²) in [5.41, 5.74) is 1.92. The van der Waals surface area contributed by atoms with E-state index in [0.717, 1.165) is 17.7 Å². The molecule has 0 fully saturated rings. The second-order valence-electron chi connectivity index (χ2n) is 5.77. The molecule has 0 radical (unpaired) electrons. The van der Waals surface area contributed by atoms with Gasteiger partial charge in [-0.25, -0.2) is 13.1 Å². The van der Waals surface area contributed by atoms with Gasteiger partial charge in [-0.1, -0.05) is 30.3 Å². The summed E-state index contributed by atoms with van der Waals surface area (Å²) in [6.07, 6.45) is 1.47.